The molecule has 0 amide bonds. The van der Waals surface area contributed by atoms with Gasteiger partial charge in [-0.1, -0.05) is 0 Å². The van der Waals surface area contributed by atoms with Crippen LogP contribution in [0.15, 0.2) is 6.33 Å². The first-order valence-electron chi connectivity index (χ1n) is 5.96. The molecule has 18 heavy (non-hydrogen) atoms. The van der Waals surface area contributed by atoms with Crippen LogP contribution in [-0.4, -0.2) is 31.8 Å². The Morgan fingerprint density at radius 2 is 2.11 bits per heavy atom. The van der Waals surface area contributed by atoms with Gasteiger partial charge in [-0.25, -0.2) is 13.6 Å². The summed E-state index contributed by atoms with van der Waals surface area (Å²) >= 11 is 0. The first-order chi connectivity index (χ1) is 8.45. The number of aromatic nitrogens is 3. The summed E-state index contributed by atoms with van der Waals surface area (Å²) in [6.45, 7) is 0. The minimum atomic E-state index is -2.64. The van der Waals surface area contributed by atoms with E-state index in [1.165, 1.54) is 10.9 Å². The second-order valence-electron chi connectivity index (χ2n) is 5.21. The van der Waals surface area contributed by atoms with E-state index in [1.807, 2.05) is 0 Å². The van der Waals surface area contributed by atoms with Crippen molar-refractivity contribution in [2.45, 2.75) is 49.5 Å². The lowest BCUT2D eigenvalue weighted by molar-refractivity contribution is -0.153. The Morgan fingerprint density at radius 3 is 2.56 bits per heavy atom. The predicted molar refractivity (Wildman–Crippen MR) is 56.4 cm³/mol. The van der Waals surface area contributed by atoms with E-state index in [1.54, 1.807) is 0 Å². The SMILES string of the molecule is O=C(O)C1(n2cnnc2C2CC(F)(F)C2)CCC1. The number of carboxylic acids is 1. The molecule has 0 spiro atoms. The van der Waals surface area contributed by atoms with Crippen LogP contribution in [0.3, 0.4) is 0 Å². The number of hydrogen-bond donors (Lipinski definition) is 1. The molecule has 0 aromatic carbocycles. The third-order valence-electron chi connectivity index (χ3n) is 4.07. The number of alkyl halides is 2. The van der Waals surface area contributed by atoms with Crippen LogP contribution in [0.1, 0.15) is 43.8 Å². The van der Waals surface area contributed by atoms with E-state index in [9.17, 15) is 18.7 Å². The molecule has 0 saturated heterocycles. The summed E-state index contributed by atoms with van der Waals surface area (Å²) in [6.07, 6.45) is 2.68. The molecule has 1 heterocycles. The number of nitrogens with zero attached hydrogens (tertiary/aromatic N) is 3. The number of rotatable bonds is 3. The molecule has 0 aliphatic heterocycles. The average molecular weight is 257 g/mol. The second kappa shape index (κ2) is 3.49. The van der Waals surface area contributed by atoms with Crippen LogP contribution in [0.2, 0.25) is 0 Å². The van der Waals surface area contributed by atoms with E-state index in [2.05, 4.69) is 10.2 Å². The summed E-state index contributed by atoms with van der Waals surface area (Å²) < 4.78 is 27.3. The fourth-order valence-electron chi connectivity index (χ4n) is 2.77. The molecule has 0 bridgehead atoms. The molecular formula is C11H13F2N3O2. The van der Waals surface area contributed by atoms with Gasteiger partial charge in [-0.2, -0.15) is 0 Å². The molecule has 5 nitrogen and oxygen atoms in total. The Kier molecular flexibility index (Phi) is 2.24. The van der Waals surface area contributed by atoms with Gasteiger partial charge in [-0.05, 0) is 19.3 Å². The highest BCUT2D eigenvalue weighted by atomic mass is 19.3. The smallest absolute Gasteiger partial charge is 0.329 e. The summed E-state index contributed by atoms with van der Waals surface area (Å²) in [7, 11) is 0. The van der Waals surface area contributed by atoms with E-state index in [0.717, 1.165) is 6.42 Å². The minimum absolute atomic E-state index is 0.263. The van der Waals surface area contributed by atoms with Gasteiger partial charge < -0.3 is 9.67 Å². The summed E-state index contributed by atoms with van der Waals surface area (Å²) in [5, 5.41) is 16.9. The highest BCUT2D eigenvalue weighted by molar-refractivity contribution is 5.78. The maximum atomic E-state index is 12.9. The van der Waals surface area contributed by atoms with Crippen LogP contribution in [-0.2, 0) is 10.3 Å². The van der Waals surface area contributed by atoms with E-state index in [-0.39, 0.29) is 18.8 Å². The van der Waals surface area contributed by atoms with Crippen LogP contribution in [0.25, 0.3) is 0 Å². The van der Waals surface area contributed by atoms with E-state index in [4.69, 9.17) is 0 Å². The molecule has 1 aromatic rings. The van der Waals surface area contributed by atoms with E-state index in [0.29, 0.717) is 18.7 Å². The van der Waals surface area contributed by atoms with Crippen molar-refractivity contribution in [3.8, 4) is 0 Å². The third-order valence-corrected chi connectivity index (χ3v) is 4.07. The number of carboxylic acid groups (broad SMARTS) is 1. The standard InChI is InChI=1S/C11H13F2N3O2/c12-11(13)4-7(5-11)8-15-14-6-16(8)10(9(17)18)2-1-3-10/h6-7H,1-5H2,(H,17,18). The zero-order chi connectivity index (χ0) is 13.0. The third kappa shape index (κ3) is 1.46. The minimum Gasteiger partial charge on any atom is -0.479 e. The molecule has 2 aliphatic carbocycles. The normalized spacial score (nSPS) is 25.2. The Bertz CT molecular complexity index is 488. The molecule has 3 rings (SSSR count). The lowest BCUT2D eigenvalue weighted by Gasteiger charge is -2.42. The van der Waals surface area contributed by atoms with Crippen molar-refractivity contribution < 1.29 is 18.7 Å². The highest BCUT2D eigenvalue weighted by Crippen LogP contribution is 2.49. The topological polar surface area (TPSA) is 68.0 Å². The maximum Gasteiger partial charge on any atom is 0.329 e. The molecule has 2 saturated carbocycles. The first-order valence-corrected chi connectivity index (χ1v) is 5.96. The Balaban J connectivity index is 1.90. The van der Waals surface area contributed by atoms with Crippen molar-refractivity contribution in [1.29, 1.82) is 0 Å². The summed E-state index contributed by atoms with van der Waals surface area (Å²) in [4.78, 5) is 11.4. The Labute approximate surface area is 102 Å². The molecule has 0 radical (unpaired) electrons. The molecular weight excluding hydrogens is 244 g/mol. The quantitative estimate of drug-likeness (QED) is 0.895. The number of hydrogen-bond acceptors (Lipinski definition) is 3. The molecule has 0 unspecified atom stereocenters. The van der Waals surface area contributed by atoms with Gasteiger partial charge in [-0.15, -0.1) is 10.2 Å². The van der Waals surface area contributed by atoms with Gasteiger partial charge >= 0.3 is 5.97 Å². The molecule has 2 aliphatic rings. The van der Waals surface area contributed by atoms with Crippen molar-refractivity contribution in [2.75, 3.05) is 0 Å². The van der Waals surface area contributed by atoms with Gasteiger partial charge in [0.25, 0.3) is 0 Å². The number of halogens is 2. The molecule has 0 atom stereocenters. The second-order valence-corrected chi connectivity index (χ2v) is 5.21. The zero-order valence-corrected chi connectivity index (χ0v) is 9.64. The van der Waals surface area contributed by atoms with Crippen LogP contribution in [0.4, 0.5) is 8.78 Å². The molecule has 1 aromatic heterocycles. The van der Waals surface area contributed by atoms with E-state index >= 15 is 0 Å². The van der Waals surface area contributed by atoms with Crippen molar-refractivity contribution in [3.05, 3.63) is 12.2 Å². The number of aliphatic carboxylic acids is 1. The van der Waals surface area contributed by atoms with Crippen LogP contribution < -0.4 is 0 Å². The first kappa shape index (κ1) is 11.6. The van der Waals surface area contributed by atoms with E-state index < -0.39 is 17.4 Å². The predicted octanol–water partition coefficient (Wildman–Crippen LogP) is 1.75. The molecule has 7 heteroatoms. The van der Waals surface area contributed by atoms with Crippen LogP contribution >= 0.6 is 0 Å². The largest absolute Gasteiger partial charge is 0.479 e. The van der Waals surface area contributed by atoms with Gasteiger partial charge in [0.05, 0.1) is 0 Å². The Morgan fingerprint density at radius 1 is 1.44 bits per heavy atom. The lowest BCUT2D eigenvalue weighted by Crippen LogP contribution is -2.49. The summed E-state index contributed by atoms with van der Waals surface area (Å²) in [5.74, 6) is -3.56. The Hall–Kier alpha value is -1.53. The fourth-order valence-corrected chi connectivity index (χ4v) is 2.77. The fraction of sp³-hybridized carbons (Fsp3) is 0.727. The molecule has 1 N–H and O–H groups in total. The number of carbonyl (C=O) groups is 1. The van der Waals surface area contributed by atoms with Gasteiger partial charge in [0.15, 0.2) is 0 Å². The van der Waals surface area contributed by atoms with Gasteiger partial charge in [-0.3, -0.25) is 0 Å². The van der Waals surface area contributed by atoms with Crippen LogP contribution in [0.5, 0.6) is 0 Å². The monoisotopic (exact) mass is 257 g/mol. The average Bonchev–Trinajstić information content (AvgIpc) is 2.60. The van der Waals surface area contributed by atoms with Crippen molar-refractivity contribution in [2.24, 2.45) is 0 Å². The summed E-state index contributed by atoms with van der Waals surface area (Å²) in [6, 6.07) is 0. The zero-order valence-electron chi connectivity index (χ0n) is 9.64. The molecule has 2 fully saturated rings. The van der Waals surface area contributed by atoms with Crippen LogP contribution in [0, 0.1) is 0 Å². The summed E-state index contributed by atoms with van der Waals surface area (Å²) in [5.41, 5.74) is -1.01. The van der Waals surface area contributed by atoms with Gasteiger partial charge in [0, 0.05) is 18.8 Å². The highest BCUT2D eigenvalue weighted by Gasteiger charge is 2.52. The lowest BCUT2D eigenvalue weighted by atomic mass is 9.75. The van der Waals surface area contributed by atoms with Crippen molar-refractivity contribution in [1.82, 2.24) is 14.8 Å². The maximum absolute atomic E-state index is 12.9. The van der Waals surface area contributed by atoms with Gasteiger partial charge in [0.2, 0.25) is 5.92 Å². The van der Waals surface area contributed by atoms with Crippen molar-refractivity contribution in [3.63, 3.8) is 0 Å². The van der Waals surface area contributed by atoms with Crippen molar-refractivity contribution >= 4 is 5.97 Å². The molecule has 98 valence electrons. The van der Waals surface area contributed by atoms with Gasteiger partial charge in [0.1, 0.15) is 17.7 Å².